The van der Waals surface area contributed by atoms with Crippen LogP contribution in [0.15, 0.2) is 11.6 Å². The first-order valence-electron chi connectivity index (χ1n) is 14.3. The maximum atomic E-state index is 12.8. The third-order valence-corrected chi connectivity index (χ3v) is 14.5. The van der Waals surface area contributed by atoms with E-state index in [0.29, 0.717) is 24.2 Å². The molecule has 0 saturated heterocycles. The highest BCUT2D eigenvalue weighted by Crippen LogP contribution is 2.78. The van der Waals surface area contributed by atoms with Crippen LogP contribution in [0.5, 0.6) is 0 Å². The lowest BCUT2D eigenvalue weighted by Gasteiger charge is -2.75. The summed E-state index contributed by atoms with van der Waals surface area (Å²) in [6.45, 7) is 18.7. The molecule has 0 aromatic carbocycles. The van der Waals surface area contributed by atoms with Crippen LogP contribution < -0.4 is 0 Å². The lowest BCUT2D eigenvalue weighted by atomic mass is 9.30. The van der Waals surface area contributed by atoms with Crippen LogP contribution in [-0.4, -0.2) is 33.5 Å². The van der Waals surface area contributed by atoms with E-state index in [9.17, 15) is 20.1 Å². The minimum Gasteiger partial charge on any atom is -0.481 e. The van der Waals surface area contributed by atoms with Crippen LogP contribution in [0.3, 0.4) is 0 Å². The number of carboxylic acid groups (broad SMARTS) is 1. The van der Waals surface area contributed by atoms with Crippen molar-refractivity contribution in [1.82, 2.24) is 0 Å². The molecular formula is C31H50O4. The van der Waals surface area contributed by atoms with E-state index in [2.05, 4.69) is 61.5 Å². The molecule has 4 fully saturated rings. The zero-order chi connectivity index (χ0) is 26.0. The average Bonchev–Trinajstić information content (AvgIpc) is 2.78. The largest absolute Gasteiger partial charge is 0.481 e. The second-order valence-electron chi connectivity index (χ2n) is 15.2. The van der Waals surface area contributed by atoms with Crippen LogP contribution in [0.2, 0.25) is 0 Å². The first-order chi connectivity index (χ1) is 16.0. The molecule has 4 saturated carbocycles. The van der Waals surface area contributed by atoms with Gasteiger partial charge in [-0.05, 0) is 102 Å². The molecule has 0 bridgehead atoms. The summed E-state index contributed by atoms with van der Waals surface area (Å²) >= 11 is 0. The summed E-state index contributed by atoms with van der Waals surface area (Å²) < 4.78 is 0. The van der Waals surface area contributed by atoms with Crippen LogP contribution in [0, 0.1) is 56.2 Å². The van der Waals surface area contributed by atoms with Crippen molar-refractivity contribution in [2.24, 2.45) is 56.2 Å². The monoisotopic (exact) mass is 486 g/mol. The summed E-state index contributed by atoms with van der Waals surface area (Å²) in [5.41, 5.74) is 0.322. The number of carboxylic acids is 1. The molecule has 0 radical (unpaired) electrons. The molecule has 0 aliphatic heterocycles. The molecule has 0 aromatic heterocycles. The molecular weight excluding hydrogens is 436 g/mol. The van der Waals surface area contributed by atoms with E-state index in [0.717, 1.165) is 44.9 Å². The number of carbonyl (C=O) groups is 1. The van der Waals surface area contributed by atoms with E-state index in [1.165, 1.54) is 5.57 Å². The predicted molar refractivity (Wildman–Crippen MR) is 139 cm³/mol. The Bertz CT molecular complexity index is 954. The molecule has 5 aliphatic rings. The van der Waals surface area contributed by atoms with Gasteiger partial charge in [-0.1, -0.05) is 67.0 Å². The number of aliphatic hydroxyl groups is 2. The number of aliphatic carboxylic acids is 1. The fraction of sp³-hybridized carbons (Fsp3) is 0.903. The molecule has 5 aliphatic carbocycles. The Balaban J connectivity index is 1.65. The minimum absolute atomic E-state index is 0.0274. The molecule has 4 nitrogen and oxygen atoms in total. The number of hydrogen-bond donors (Lipinski definition) is 3. The summed E-state index contributed by atoms with van der Waals surface area (Å²) in [5, 5.41) is 32.7. The Labute approximate surface area is 213 Å². The third-order valence-electron chi connectivity index (χ3n) is 14.5. The van der Waals surface area contributed by atoms with Gasteiger partial charge in [0.25, 0.3) is 0 Å². The molecule has 0 spiro atoms. The maximum absolute atomic E-state index is 12.8. The molecule has 5 rings (SSSR count). The molecule has 11 atom stereocenters. The third kappa shape index (κ3) is 2.75. The van der Waals surface area contributed by atoms with Crippen molar-refractivity contribution in [2.45, 2.75) is 119 Å². The Morgan fingerprint density at radius 3 is 2.20 bits per heavy atom. The Kier molecular flexibility index (Phi) is 5.42. The number of rotatable bonds is 1. The maximum Gasteiger partial charge on any atom is 0.310 e. The molecule has 4 heteroatoms. The van der Waals surface area contributed by atoms with Gasteiger partial charge in [0.05, 0.1) is 17.6 Å². The average molecular weight is 487 g/mol. The van der Waals surface area contributed by atoms with Crippen molar-refractivity contribution >= 4 is 5.97 Å². The van der Waals surface area contributed by atoms with E-state index in [1.54, 1.807) is 0 Å². The van der Waals surface area contributed by atoms with Crippen LogP contribution in [0.4, 0.5) is 0 Å². The summed E-state index contributed by atoms with van der Waals surface area (Å²) in [5.74, 6) is 0.866. The molecule has 0 heterocycles. The fourth-order valence-corrected chi connectivity index (χ4v) is 11.1. The lowest BCUT2D eigenvalue weighted by Crippen LogP contribution is -2.71. The second-order valence-corrected chi connectivity index (χ2v) is 15.2. The van der Waals surface area contributed by atoms with Crippen LogP contribution in [0.25, 0.3) is 0 Å². The smallest absolute Gasteiger partial charge is 0.310 e. The molecule has 11 unspecified atom stereocenters. The van der Waals surface area contributed by atoms with Gasteiger partial charge in [0.2, 0.25) is 0 Å². The molecule has 35 heavy (non-hydrogen) atoms. The van der Waals surface area contributed by atoms with Crippen LogP contribution in [0.1, 0.15) is 107 Å². The van der Waals surface area contributed by atoms with Crippen LogP contribution in [-0.2, 0) is 4.79 Å². The van der Waals surface area contributed by atoms with E-state index >= 15 is 0 Å². The van der Waals surface area contributed by atoms with Crippen molar-refractivity contribution in [3.63, 3.8) is 0 Å². The van der Waals surface area contributed by atoms with Crippen LogP contribution >= 0.6 is 0 Å². The van der Waals surface area contributed by atoms with Gasteiger partial charge in [-0.3, -0.25) is 4.79 Å². The lowest BCUT2D eigenvalue weighted by molar-refractivity contribution is -0.274. The Morgan fingerprint density at radius 1 is 0.914 bits per heavy atom. The van der Waals surface area contributed by atoms with E-state index in [1.807, 2.05) is 0 Å². The number of aliphatic hydroxyl groups excluding tert-OH is 2. The van der Waals surface area contributed by atoms with Crippen molar-refractivity contribution in [1.29, 1.82) is 0 Å². The quantitative estimate of drug-likeness (QED) is 0.372. The first-order valence-corrected chi connectivity index (χ1v) is 14.3. The first kappa shape index (κ1) is 25.8. The van der Waals surface area contributed by atoms with E-state index in [-0.39, 0.29) is 33.0 Å². The highest BCUT2D eigenvalue weighted by Gasteiger charge is 2.73. The van der Waals surface area contributed by atoms with Gasteiger partial charge in [-0.15, -0.1) is 0 Å². The SMILES string of the molecule is CC1CCC2(C(=O)O)CCC3(C)C(=CCC4C3(C)CCC3(C)C(C)(C)C(O)C(O)CC43C)C2C1C. The van der Waals surface area contributed by atoms with Crippen molar-refractivity contribution in [2.75, 3.05) is 0 Å². The molecule has 198 valence electrons. The van der Waals surface area contributed by atoms with Gasteiger partial charge < -0.3 is 15.3 Å². The summed E-state index contributed by atoms with van der Waals surface area (Å²) in [7, 11) is 0. The van der Waals surface area contributed by atoms with Gasteiger partial charge in [0, 0.05) is 0 Å². The van der Waals surface area contributed by atoms with Crippen molar-refractivity contribution in [3.8, 4) is 0 Å². The molecule has 0 amide bonds. The van der Waals surface area contributed by atoms with Gasteiger partial charge in [-0.25, -0.2) is 0 Å². The number of hydrogen-bond acceptors (Lipinski definition) is 3. The normalized spacial score (nSPS) is 57.1. The van der Waals surface area contributed by atoms with Gasteiger partial charge in [-0.2, -0.15) is 0 Å². The molecule has 0 aromatic rings. The van der Waals surface area contributed by atoms with E-state index < -0.39 is 23.6 Å². The van der Waals surface area contributed by atoms with Gasteiger partial charge in [0.15, 0.2) is 0 Å². The number of allylic oxidation sites excluding steroid dienone is 2. The predicted octanol–water partition coefficient (Wildman–Crippen LogP) is 6.45. The standard InChI is InChI=1S/C31H50O4/c1-18-11-12-31(25(34)35)16-14-27(5)20(23(31)19(18)2)9-10-22-28(27,6)13-15-30(8)26(3,4)24(33)21(32)17-29(22,30)7/h9,18-19,21-24,32-33H,10-17H2,1-8H3,(H,34,35). The highest BCUT2D eigenvalue weighted by atomic mass is 16.4. The van der Waals surface area contributed by atoms with Gasteiger partial charge in [0.1, 0.15) is 0 Å². The zero-order valence-electron chi connectivity index (χ0n) is 23.4. The highest BCUT2D eigenvalue weighted by molar-refractivity contribution is 5.76. The van der Waals surface area contributed by atoms with Crippen molar-refractivity contribution < 1.29 is 20.1 Å². The topological polar surface area (TPSA) is 77.8 Å². The Morgan fingerprint density at radius 2 is 1.57 bits per heavy atom. The Hall–Kier alpha value is -0.870. The van der Waals surface area contributed by atoms with Crippen molar-refractivity contribution in [3.05, 3.63) is 11.6 Å². The molecule has 3 N–H and O–H groups in total. The summed E-state index contributed by atoms with van der Waals surface area (Å²) in [6, 6.07) is 0. The fourth-order valence-electron chi connectivity index (χ4n) is 11.1. The van der Waals surface area contributed by atoms with E-state index in [4.69, 9.17) is 0 Å². The summed E-state index contributed by atoms with van der Waals surface area (Å²) in [6.07, 6.45) is 8.36. The number of fused-ring (bicyclic) bond motifs is 7. The van der Waals surface area contributed by atoms with Gasteiger partial charge >= 0.3 is 5.97 Å². The summed E-state index contributed by atoms with van der Waals surface area (Å²) in [4.78, 5) is 12.8. The minimum atomic E-state index is -0.703. The zero-order valence-corrected chi connectivity index (χ0v) is 23.4. The second kappa shape index (κ2) is 7.37.